The Hall–Kier alpha value is -6.38. The number of benzene rings is 5. The molecule has 0 radical (unpaired) electrons. The normalized spacial score (nSPS) is 11.7. The van der Waals surface area contributed by atoms with Gasteiger partial charge < -0.3 is 19.9 Å². The van der Waals surface area contributed by atoms with Crippen molar-refractivity contribution in [3.05, 3.63) is 173 Å². The highest BCUT2D eigenvalue weighted by atomic mass is 19.4. The molecule has 0 fully saturated rings. The van der Waals surface area contributed by atoms with E-state index in [1.54, 1.807) is 36.4 Å². The number of aromatic nitrogens is 2. The summed E-state index contributed by atoms with van der Waals surface area (Å²) in [5, 5.41) is 27.2. The van der Waals surface area contributed by atoms with Crippen LogP contribution in [0.3, 0.4) is 0 Å². The Morgan fingerprint density at radius 3 is 2.16 bits per heavy atom. The van der Waals surface area contributed by atoms with Gasteiger partial charge in [0.15, 0.2) is 17.2 Å². The van der Waals surface area contributed by atoms with E-state index in [1.807, 2.05) is 66.7 Å². The summed E-state index contributed by atoms with van der Waals surface area (Å²) < 4.78 is 54.3. The molecule has 0 saturated carbocycles. The molecule has 0 aliphatic carbocycles. The van der Waals surface area contributed by atoms with Gasteiger partial charge in [0.2, 0.25) is 0 Å². The van der Waals surface area contributed by atoms with Crippen molar-refractivity contribution < 1.29 is 32.5 Å². The zero-order valence-electron chi connectivity index (χ0n) is 26.3. The summed E-state index contributed by atoms with van der Waals surface area (Å²) in [6.07, 6.45) is -6.06. The van der Waals surface area contributed by atoms with Crippen molar-refractivity contribution in [3.8, 4) is 23.3 Å². The molecule has 1 heterocycles. The second-order valence-electron chi connectivity index (χ2n) is 11.2. The number of aliphatic hydroxyl groups is 1. The monoisotopic (exact) mass is 674 g/mol. The van der Waals surface area contributed by atoms with E-state index in [1.165, 1.54) is 30.3 Å². The van der Waals surface area contributed by atoms with Crippen LogP contribution in [-0.2, 0) is 19.4 Å². The zero-order chi connectivity index (χ0) is 35.1. The molecule has 1 aromatic heterocycles. The summed E-state index contributed by atoms with van der Waals surface area (Å²) >= 11 is 0. The molecule has 0 bridgehead atoms. The quantitative estimate of drug-likeness (QED) is 0.143. The number of rotatable bonds is 11. The number of hydrogen-bond donors (Lipinski definition) is 2. The number of para-hydroxylation sites is 1. The highest BCUT2D eigenvalue weighted by molar-refractivity contribution is 6.03. The third-order valence-electron chi connectivity index (χ3n) is 7.68. The van der Waals surface area contributed by atoms with E-state index in [2.05, 4.69) is 10.4 Å². The predicted octanol–water partition coefficient (Wildman–Crippen LogP) is 8.25. The van der Waals surface area contributed by atoms with Gasteiger partial charge >= 0.3 is 6.18 Å². The van der Waals surface area contributed by atoms with E-state index in [9.17, 15) is 28.3 Å². The number of nitrogens with one attached hydrogen (secondary N) is 1. The number of halogens is 3. The van der Waals surface area contributed by atoms with Gasteiger partial charge in [-0.3, -0.25) is 4.79 Å². The van der Waals surface area contributed by atoms with Gasteiger partial charge in [-0.05, 0) is 53.1 Å². The standard InChI is InChI=1S/C39H29F3N4O4/c40-39(41,42)35-22-33(46(45-35)31-17-7-14-28(20-31)23-43)38(48)44-30-16-8-15-29(21-30)36(47)32-18-9-19-34(49-24-26-10-3-1-4-11-26)37(32)50-25-27-12-5-2-6-13-27/h1-22,36,47H,24-25H2,(H,44,48). The molecule has 8 nitrogen and oxygen atoms in total. The van der Waals surface area contributed by atoms with Crippen LogP contribution in [0.15, 0.2) is 133 Å². The van der Waals surface area contributed by atoms with Crippen LogP contribution in [0.5, 0.6) is 11.5 Å². The molecule has 2 N–H and O–H groups in total. The smallest absolute Gasteiger partial charge is 0.435 e. The molecule has 0 spiro atoms. The maximum atomic E-state index is 13.7. The second-order valence-corrected chi connectivity index (χ2v) is 11.2. The first-order valence-electron chi connectivity index (χ1n) is 15.4. The van der Waals surface area contributed by atoms with Gasteiger partial charge in [0.1, 0.15) is 25.0 Å². The molecular weight excluding hydrogens is 645 g/mol. The van der Waals surface area contributed by atoms with Gasteiger partial charge in [0.05, 0.1) is 17.3 Å². The van der Waals surface area contributed by atoms with Crippen molar-refractivity contribution in [2.45, 2.75) is 25.5 Å². The van der Waals surface area contributed by atoms with Gasteiger partial charge in [-0.1, -0.05) is 91.0 Å². The molecule has 250 valence electrons. The van der Waals surface area contributed by atoms with Gasteiger partial charge in [-0.2, -0.15) is 23.5 Å². The minimum Gasteiger partial charge on any atom is -0.485 e. The SMILES string of the molecule is N#Cc1cccc(-n2nc(C(F)(F)F)cc2C(=O)Nc2cccc(C(O)c3cccc(OCc4ccccc4)c3OCc3ccccc3)c2)c1. The Labute approximate surface area is 285 Å². The number of anilines is 1. The Morgan fingerprint density at radius 2 is 1.48 bits per heavy atom. The van der Waals surface area contributed by atoms with E-state index in [-0.39, 0.29) is 30.2 Å². The molecule has 5 aromatic carbocycles. The molecule has 6 rings (SSSR count). The summed E-state index contributed by atoms with van der Waals surface area (Å²) in [4.78, 5) is 13.5. The summed E-state index contributed by atoms with van der Waals surface area (Å²) in [6.45, 7) is 0.463. The van der Waals surface area contributed by atoms with Crippen LogP contribution >= 0.6 is 0 Å². The summed E-state index contributed by atoms with van der Waals surface area (Å²) in [5.41, 5.74) is 1.44. The number of carbonyl (C=O) groups excluding carboxylic acids is 1. The van der Waals surface area contributed by atoms with Crippen molar-refractivity contribution in [3.63, 3.8) is 0 Å². The average molecular weight is 675 g/mol. The first kappa shape index (κ1) is 33.5. The Balaban J connectivity index is 1.29. The second kappa shape index (κ2) is 14.8. The number of hydrogen-bond acceptors (Lipinski definition) is 6. The minimum absolute atomic E-state index is 0.103. The van der Waals surface area contributed by atoms with Gasteiger partial charge in [-0.25, -0.2) is 4.68 Å². The molecule has 1 amide bonds. The fourth-order valence-electron chi connectivity index (χ4n) is 5.23. The maximum Gasteiger partial charge on any atom is 0.435 e. The van der Waals surface area contributed by atoms with Gasteiger partial charge in [-0.15, -0.1) is 0 Å². The third-order valence-corrected chi connectivity index (χ3v) is 7.68. The Kier molecular flexibility index (Phi) is 9.92. The van der Waals surface area contributed by atoms with E-state index in [0.717, 1.165) is 15.8 Å². The van der Waals surface area contributed by atoms with E-state index in [0.29, 0.717) is 28.7 Å². The number of nitrogens with zero attached hydrogens (tertiary/aromatic N) is 3. The molecule has 1 atom stereocenters. The first-order chi connectivity index (χ1) is 24.2. The lowest BCUT2D eigenvalue weighted by atomic mass is 9.99. The number of alkyl halides is 3. The number of carbonyl (C=O) groups is 1. The highest BCUT2D eigenvalue weighted by Gasteiger charge is 2.36. The van der Waals surface area contributed by atoms with E-state index < -0.39 is 29.6 Å². The average Bonchev–Trinajstić information content (AvgIpc) is 3.61. The van der Waals surface area contributed by atoms with Crippen LogP contribution in [0.4, 0.5) is 18.9 Å². The van der Waals surface area contributed by atoms with Crippen LogP contribution in [-0.4, -0.2) is 20.8 Å². The van der Waals surface area contributed by atoms with Gasteiger partial charge in [0.25, 0.3) is 5.91 Å². The van der Waals surface area contributed by atoms with Crippen molar-refractivity contribution in [1.29, 1.82) is 5.26 Å². The fraction of sp³-hybridized carbons (Fsp3) is 0.103. The summed E-state index contributed by atoms with van der Waals surface area (Å²) in [6, 6.07) is 38.9. The highest BCUT2D eigenvalue weighted by Crippen LogP contribution is 2.39. The van der Waals surface area contributed by atoms with Crippen LogP contribution in [0.2, 0.25) is 0 Å². The van der Waals surface area contributed by atoms with E-state index in [4.69, 9.17) is 9.47 Å². The van der Waals surface area contributed by atoms with Gasteiger partial charge in [0, 0.05) is 17.3 Å². The fourth-order valence-corrected chi connectivity index (χ4v) is 5.23. The molecule has 50 heavy (non-hydrogen) atoms. The van der Waals surface area contributed by atoms with Crippen LogP contribution in [0.1, 0.15) is 50.1 Å². The van der Waals surface area contributed by atoms with Crippen LogP contribution in [0.25, 0.3) is 5.69 Å². The molecule has 1 unspecified atom stereocenters. The Morgan fingerprint density at radius 1 is 0.820 bits per heavy atom. The lowest BCUT2D eigenvalue weighted by Gasteiger charge is -2.20. The maximum absolute atomic E-state index is 13.7. The number of nitriles is 1. The molecule has 6 aromatic rings. The largest absolute Gasteiger partial charge is 0.485 e. The molecule has 0 aliphatic rings. The summed E-state index contributed by atoms with van der Waals surface area (Å²) in [7, 11) is 0. The van der Waals surface area contributed by atoms with Crippen LogP contribution in [0, 0.1) is 11.3 Å². The molecule has 0 saturated heterocycles. The first-order valence-corrected chi connectivity index (χ1v) is 15.4. The number of ether oxygens (including phenoxy) is 2. The van der Waals surface area contributed by atoms with Crippen molar-refractivity contribution in [2.24, 2.45) is 0 Å². The van der Waals surface area contributed by atoms with Crippen molar-refractivity contribution >= 4 is 11.6 Å². The van der Waals surface area contributed by atoms with Crippen molar-refractivity contribution in [1.82, 2.24) is 9.78 Å². The molecular formula is C39H29F3N4O4. The predicted molar refractivity (Wildman–Crippen MR) is 180 cm³/mol. The zero-order valence-corrected chi connectivity index (χ0v) is 26.3. The topological polar surface area (TPSA) is 109 Å². The minimum atomic E-state index is -4.82. The number of amides is 1. The number of aliphatic hydroxyl groups excluding tert-OH is 1. The molecule has 0 aliphatic heterocycles. The summed E-state index contributed by atoms with van der Waals surface area (Å²) in [5.74, 6) is -0.136. The molecule has 11 heteroatoms. The van der Waals surface area contributed by atoms with E-state index >= 15 is 0 Å². The lowest BCUT2D eigenvalue weighted by Crippen LogP contribution is -2.17. The van der Waals surface area contributed by atoms with Crippen LogP contribution < -0.4 is 14.8 Å². The third kappa shape index (κ3) is 7.84. The lowest BCUT2D eigenvalue weighted by molar-refractivity contribution is -0.141. The Bertz CT molecular complexity index is 2150. The van der Waals surface area contributed by atoms with Crippen molar-refractivity contribution in [2.75, 3.05) is 5.32 Å².